The summed E-state index contributed by atoms with van der Waals surface area (Å²) in [4.78, 5) is 11.5. The first-order chi connectivity index (χ1) is 10.8. The van der Waals surface area contributed by atoms with Crippen molar-refractivity contribution in [2.24, 2.45) is 0 Å². The number of rotatable bonds is 5. The van der Waals surface area contributed by atoms with Gasteiger partial charge in [0.2, 0.25) is 0 Å². The number of hydrogen-bond donors (Lipinski definition) is 1. The number of alkyl halides is 3. The second kappa shape index (κ2) is 6.73. The van der Waals surface area contributed by atoms with Gasteiger partial charge < -0.3 is 9.84 Å². The molecule has 3 nitrogen and oxygen atoms in total. The molecule has 0 aromatic heterocycles. The average molecular weight is 324 g/mol. The van der Waals surface area contributed by atoms with Crippen LogP contribution in [0.4, 0.5) is 13.2 Å². The number of carboxylic acid groups (broad SMARTS) is 1. The smallest absolute Gasteiger partial charge is 0.416 e. The van der Waals surface area contributed by atoms with Crippen LogP contribution >= 0.6 is 0 Å². The van der Waals surface area contributed by atoms with Crippen LogP contribution in [-0.4, -0.2) is 18.2 Å². The Morgan fingerprint density at radius 3 is 2.35 bits per heavy atom. The molecule has 1 N–H and O–H groups in total. The second-order valence-electron chi connectivity index (χ2n) is 5.07. The van der Waals surface area contributed by atoms with Gasteiger partial charge in [0, 0.05) is 0 Å². The third-order valence-corrected chi connectivity index (χ3v) is 3.52. The van der Waals surface area contributed by atoms with Crippen LogP contribution in [0.3, 0.4) is 0 Å². The predicted octanol–water partition coefficient (Wildman–Crippen LogP) is 4.12. The summed E-state index contributed by atoms with van der Waals surface area (Å²) in [6.45, 7) is 0. The minimum Gasteiger partial charge on any atom is -0.497 e. The Morgan fingerprint density at radius 1 is 1.17 bits per heavy atom. The van der Waals surface area contributed by atoms with Crippen LogP contribution in [-0.2, 0) is 17.4 Å². The van der Waals surface area contributed by atoms with Gasteiger partial charge in [0.15, 0.2) is 0 Å². The largest absolute Gasteiger partial charge is 0.497 e. The second-order valence-corrected chi connectivity index (χ2v) is 5.07. The van der Waals surface area contributed by atoms with Gasteiger partial charge in [-0.15, -0.1) is 0 Å². The van der Waals surface area contributed by atoms with Crippen LogP contribution in [0.2, 0.25) is 0 Å². The third-order valence-electron chi connectivity index (χ3n) is 3.52. The highest BCUT2D eigenvalue weighted by Crippen LogP contribution is 2.30. The van der Waals surface area contributed by atoms with Gasteiger partial charge in [0.05, 0.1) is 18.6 Å². The minimum absolute atomic E-state index is 0.0979. The van der Waals surface area contributed by atoms with E-state index < -0.39 is 23.6 Å². The highest BCUT2D eigenvalue weighted by atomic mass is 19.4. The number of hydrogen-bond acceptors (Lipinski definition) is 2. The molecule has 0 aliphatic carbocycles. The number of ether oxygens (including phenoxy) is 1. The molecule has 0 fully saturated rings. The van der Waals surface area contributed by atoms with Gasteiger partial charge in [-0.1, -0.05) is 24.3 Å². The number of benzene rings is 2. The van der Waals surface area contributed by atoms with Crippen molar-refractivity contribution in [2.75, 3.05) is 7.11 Å². The Bertz CT molecular complexity index is 678. The third kappa shape index (κ3) is 4.25. The zero-order valence-electron chi connectivity index (χ0n) is 12.3. The lowest BCUT2D eigenvalue weighted by atomic mass is 9.91. The highest BCUT2D eigenvalue weighted by Gasteiger charge is 2.30. The van der Waals surface area contributed by atoms with Gasteiger partial charge in [-0.05, 0) is 41.8 Å². The zero-order valence-corrected chi connectivity index (χ0v) is 12.3. The standard InChI is InChI=1S/C17H15F3O3/c1-23-14-4-2-3-12(10-14)15(16(21)22)9-11-5-7-13(8-6-11)17(18,19)20/h2-8,10,15H,9H2,1H3,(H,21,22). The normalized spacial score (nSPS) is 12.7. The van der Waals surface area contributed by atoms with E-state index in [0.717, 1.165) is 12.1 Å². The molecule has 6 heteroatoms. The van der Waals surface area contributed by atoms with Crippen molar-refractivity contribution in [1.29, 1.82) is 0 Å². The number of halogens is 3. The van der Waals surface area contributed by atoms with E-state index in [2.05, 4.69) is 0 Å². The lowest BCUT2D eigenvalue weighted by molar-refractivity contribution is -0.139. The molecular weight excluding hydrogens is 309 g/mol. The van der Waals surface area contributed by atoms with Crippen molar-refractivity contribution >= 4 is 5.97 Å². The highest BCUT2D eigenvalue weighted by molar-refractivity contribution is 5.76. The molecule has 1 atom stereocenters. The Labute approximate surface area is 131 Å². The monoisotopic (exact) mass is 324 g/mol. The first kappa shape index (κ1) is 16.9. The van der Waals surface area contributed by atoms with E-state index in [-0.39, 0.29) is 6.42 Å². The minimum atomic E-state index is -4.41. The zero-order chi connectivity index (χ0) is 17.0. The summed E-state index contributed by atoms with van der Waals surface area (Å²) in [5.74, 6) is -1.37. The fourth-order valence-electron chi connectivity index (χ4n) is 2.27. The molecule has 122 valence electrons. The maximum absolute atomic E-state index is 12.6. The molecule has 0 bridgehead atoms. The van der Waals surface area contributed by atoms with E-state index in [0.29, 0.717) is 16.9 Å². The average Bonchev–Trinajstić information content (AvgIpc) is 2.52. The molecule has 2 aromatic rings. The molecule has 0 radical (unpaired) electrons. The molecule has 0 saturated carbocycles. The number of carbonyl (C=O) groups is 1. The van der Waals surface area contributed by atoms with E-state index in [1.165, 1.54) is 19.2 Å². The topological polar surface area (TPSA) is 46.5 Å². The van der Waals surface area contributed by atoms with Crippen molar-refractivity contribution in [3.63, 3.8) is 0 Å². The number of methoxy groups -OCH3 is 1. The van der Waals surface area contributed by atoms with Crippen LogP contribution in [0.1, 0.15) is 22.6 Å². The summed E-state index contributed by atoms with van der Waals surface area (Å²) in [7, 11) is 1.48. The molecule has 0 heterocycles. The van der Waals surface area contributed by atoms with E-state index in [1.807, 2.05) is 0 Å². The Kier molecular flexibility index (Phi) is 4.93. The summed E-state index contributed by atoms with van der Waals surface area (Å²) < 4.78 is 42.7. The molecule has 0 aliphatic heterocycles. The van der Waals surface area contributed by atoms with Crippen LogP contribution < -0.4 is 4.74 Å². The summed E-state index contributed by atoms with van der Waals surface area (Å²) in [6.07, 6.45) is -4.31. The van der Waals surface area contributed by atoms with Crippen LogP contribution in [0.15, 0.2) is 48.5 Å². The molecule has 0 amide bonds. The maximum atomic E-state index is 12.6. The molecular formula is C17H15F3O3. The first-order valence-corrected chi connectivity index (χ1v) is 6.84. The van der Waals surface area contributed by atoms with E-state index in [1.54, 1.807) is 24.3 Å². The van der Waals surface area contributed by atoms with E-state index in [9.17, 15) is 23.1 Å². The fourth-order valence-corrected chi connectivity index (χ4v) is 2.27. The van der Waals surface area contributed by atoms with Crippen LogP contribution in [0.5, 0.6) is 5.75 Å². The van der Waals surface area contributed by atoms with Crippen molar-refractivity contribution in [3.05, 3.63) is 65.2 Å². The first-order valence-electron chi connectivity index (χ1n) is 6.84. The quantitative estimate of drug-likeness (QED) is 0.900. The van der Waals surface area contributed by atoms with Crippen molar-refractivity contribution in [3.8, 4) is 5.75 Å². The van der Waals surface area contributed by atoms with E-state index >= 15 is 0 Å². The maximum Gasteiger partial charge on any atom is 0.416 e. The molecule has 1 unspecified atom stereocenters. The Balaban J connectivity index is 2.24. The van der Waals surface area contributed by atoms with Gasteiger partial charge in [-0.2, -0.15) is 13.2 Å². The molecule has 0 saturated heterocycles. The molecule has 0 spiro atoms. The van der Waals surface area contributed by atoms with Crippen LogP contribution in [0.25, 0.3) is 0 Å². The van der Waals surface area contributed by atoms with Crippen LogP contribution in [0, 0.1) is 0 Å². The molecule has 2 aromatic carbocycles. The molecule has 0 aliphatic rings. The SMILES string of the molecule is COc1cccc(C(Cc2ccc(C(F)(F)F)cc2)C(=O)O)c1. The summed E-state index contributed by atoms with van der Waals surface area (Å²) in [5.41, 5.74) is 0.305. The Hall–Kier alpha value is -2.50. The molecule has 23 heavy (non-hydrogen) atoms. The fraction of sp³-hybridized carbons (Fsp3) is 0.235. The number of aliphatic carboxylic acids is 1. The lowest BCUT2D eigenvalue weighted by Gasteiger charge is -2.14. The van der Waals surface area contributed by atoms with Gasteiger partial charge in [-0.25, -0.2) is 0 Å². The Morgan fingerprint density at radius 2 is 1.83 bits per heavy atom. The van der Waals surface area contributed by atoms with Gasteiger partial charge >= 0.3 is 12.1 Å². The van der Waals surface area contributed by atoms with Crippen molar-refractivity contribution in [2.45, 2.75) is 18.5 Å². The summed E-state index contributed by atoms with van der Waals surface area (Å²) >= 11 is 0. The van der Waals surface area contributed by atoms with Gasteiger partial charge in [0.1, 0.15) is 5.75 Å². The van der Waals surface area contributed by atoms with Gasteiger partial charge in [-0.3, -0.25) is 4.79 Å². The summed E-state index contributed by atoms with van der Waals surface area (Å²) in [6, 6.07) is 11.2. The lowest BCUT2D eigenvalue weighted by Crippen LogP contribution is -2.15. The van der Waals surface area contributed by atoms with Gasteiger partial charge in [0.25, 0.3) is 0 Å². The van der Waals surface area contributed by atoms with Crippen molar-refractivity contribution in [1.82, 2.24) is 0 Å². The van der Waals surface area contributed by atoms with E-state index in [4.69, 9.17) is 4.74 Å². The number of carboxylic acids is 1. The van der Waals surface area contributed by atoms with Crippen molar-refractivity contribution < 1.29 is 27.8 Å². The predicted molar refractivity (Wildman–Crippen MR) is 78.5 cm³/mol. The summed E-state index contributed by atoms with van der Waals surface area (Å²) in [5, 5.41) is 9.41. The molecule has 2 rings (SSSR count).